The molecule has 0 aliphatic heterocycles. The van der Waals surface area contributed by atoms with Crippen molar-refractivity contribution in [3.63, 3.8) is 0 Å². The molecule has 2 N–H and O–H groups in total. The molecule has 3 rings (SSSR count). The largest absolute Gasteiger partial charge is 0.481 e. The molecular weight excluding hydrogens is 260 g/mol. The second-order valence-electron chi connectivity index (χ2n) is 5.82. The van der Waals surface area contributed by atoms with Gasteiger partial charge in [-0.2, -0.15) is 0 Å². The number of ether oxygens (including phenoxy) is 1. The second kappa shape index (κ2) is 6.27. The predicted octanol–water partition coefficient (Wildman–Crippen LogP) is 3.60. The maximum Gasteiger partial charge on any atom is 0.212 e. The minimum atomic E-state index is 0.0141. The maximum atomic E-state index is 6.37. The number of hydrogen-bond donors (Lipinski definition) is 1. The van der Waals surface area contributed by atoms with E-state index in [9.17, 15) is 0 Å². The van der Waals surface area contributed by atoms with Gasteiger partial charge in [0.2, 0.25) is 5.88 Å². The van der Waals surface area contributed by atoms with E-state index in [0.717, 1.165) is 17.9 Å². The molecule has 1 aliphatic carbocycles. The highest BCUT2D eigenvalue weighted by Gasteiger charge is 2.20. The van der Waals surface area contributed by atoms with Gasteiger partial charge < -0.3 is 10.5 Å². The van der Waals surface area contributed by atoms with E-state index < -0.39 is 0 Å². The Balaban J connectivity index is 1.70. The molecular formula is C18H22N2O. The molecule has 1 aromatic heterocycles. The van der Waals surface area contributed by atoms with E-state index in [1.165, 1.54) is 30.4 Å². The molecule has 0 bridgehead atoms. The van der Waals surface area contributed by atoms with Crippen LogP contribution in [0, 0.1) is 0 Å². The molecule has 1 heterocycles. The standard InChI is InChI=1S/C18H22N2O/c1-21-18-9-8-13(12-20-18)10-17(19)16-7-3-6-15(11-16)14-4-2-5-14/h3,6-9,11-12,14,17H,2,4-5,10,19H2,1H3. The highest BCUT2D eigenvalue weighted by molar-refractivity contribution is 5.31. The van der Waals surface area contributed by atoms with Crippen molar-refractivity contribution in [2.75, 3.05) is 7.11 Å². The average Bonchev–Trinajstić information content (AvgIpc) is 2.46. The van der Waals surface area contributed by atoms with Crippen molar-refractivity contribution < 1.29 is 4.74 Å². The van der Waals surface area contributed by atoms with E-state index >= 15 is 0 Å². The Hall–Kier alpha value is -1.87. The summed E-state index contributed by atoms with van der Waals surface area (Å²) < 4.78 is 5.08. The highest BCUT2D eigenvalue weighted by Crippen LogP contribution is 2.37. The summed E-state index contributed by atoms with van der Waals surface area (Å²) in [5.74, 6) is 1.39. The van der Waals surface area contributed by atoms with Crippen molar-refractivity contribution in [2.45, 2.75) is 37.6 Å². The molecule has 2 aromatic rings. The molecule has 1 unspecified atom stereocenters. The number of pyridine rings is 1. The maximum absolute atomic E-state index is 6.37. The lowest BCUT2D eigenvalue weighted by molar-refractivity contribution is 0.397. The first-order chi connectivity index (χ1) is 10.3. The number of benzene rings is 1. The third-order valence-corrected chi connectivity index (χ3v) is 4.38. The van der Waals surface area contributed by atoms with Gasteiger partial charge in [0.05, 0.1) is 7.11 Å². The Morgan fingerprint density at radius 1 is 1.29 bits per heavy atom. The van der Waals surface area contributed by atoms with Gasteiger partial charge in [0, 0.05) is 18.3 Å². The summed E-state index contributed by atoms with van der Waals surface area (Å²) in [5, 5.41) is 0. The van der Waals surface area contributed by atoms with Gasteiger partial charge in [0.15, 0.2) is 0 Å². The first-order valence-electron chi connectivity index (χ1n) is 7.60. The van der Waals surface area contributed by atoms with Gasteiger partial charge >= 0.3 is 0 Å². The fourth-order valence-corrected chi connectivity index (χ4v) is 2.81. The Morgan fingerprint density at radius 3 is 2.76 bits per heavy atom. The summed E-state index contributed by atoms with van der Waals surface area (Å²) >= 11 is 0. The fourth-order valence-electron chi connectivity index (χ4n) is 2.81. The molecule has 1 fully saturated rings. The lowest BCUT2D eigenvalue weighted by Crippen LogP contribution is -2.15. The summed E-state index contributed by atoms with van der Waals surface area (Å²) in [6.07, 6.45) is 6.64. The molecule has 0 amide bonds. The van der Waals surface area contributed by atoms with Crippen molar-refractivity contribution >= 4 is 0 Å². The fraction of sp³-hybridized carbons (Fsp3) is 0.389. The van der Waals surface area contributed by atoms with Crippen LogP contribution >= 0.6 is 0 Å². The number of methoxy groups -OCH3 is 1. The molecule has 0 saturated heterocycles. The molecule has 0 spiro atoms. The average molecular weight is 282 g/mol. The summed E-state index contributed by atoms with van der Waals surface area (Å²) in [5.41, 5.74) is 10.2. The Morgan fingerprint density at radius 2 is 2.14 bits per heavy atom. The minimum absolute atomic E-state index is 0.0141. The topological polar surface area (TPSA) is 48.1 Å². The van der Waals surface area contributed by atoms with Crippen molar-refractivity contribution in [2.24, 2.45) is 5.73 Å². The third kappa shape index (κ3) is 3.24. The minimum Gasteiger partial charge on any atom is -0.481 e. The molecule has 3 nitrogen and oxygen atoms in total. The number of aromatic nitrogens is 1. The lowest BCUT2D eigenvalue weighted by Gasteiger charge is -2.26. The molecule has 1 saturated carbocycles. The number of nitrogens with two attached hydrogens (primary N) is 1. The van der Waals surface area contributed by atoms with Gasteiger partial charge in [0.25, 0.3) is 0 Å². The predicted molar refractivity (Wildman–Crippen MR) is 84.5 cm³/mol. The Bertz CT molecular complexity index is 590. The van der Waals surface area contributed by atoms with Crippen LogP contribution in [-0.2, 0) is 6.42 Å². The number of nitrogens with zero attached hydrogens (tertiary/aromatic N) is 1. The zero-order valence-electron chi connectivity index (χ0n) is 12.5. The van der Waals surface area contributed by atoms with E-state index in [1.54, 1.807) is 7.11 Å². The number of rotatable bonds is 5. The third-order valence-electron chi connectivity index (χ3n) is 4.38. The normalized spacial score (nSPS) is 16.3. The van der Waals surface area contributed by atoms with Crippen LogP contribution in [0.2, 0.25) is 0 Å². The summed E-state index contributed by atoms with van der Waals surface area (Å²) in [6, 6.07) is 12.7. The van der Waals surface area contributed by atoms with E-state index in [4.69, 9.17) is 10.5 Å². The Kier molecular flexibility index (Phi) is 4.20. The summed E-state index contributed by atoms with van der Waals surface area (Å²) in [6.45, 7) is 0. The Labute approximate surface area is 126 Å². The summed E-state index contributed by atoms with van der Waals surface area (Å²) in [4.78, 5) is 4.23. The van der Waals surface area contributed by atoms with Crippen LogP contribution in [0.25, 0.3) is 0 Å². The van der Waals surface area contributed by atoms with E-state index in [1.807, 2.05) is 18.3 Å². The van der Waals surface area contributed by atoms with Crippen LogP contribution in [0.3, 0.4) is 0 Å². The molecule has 1 aliphatic rings. The molecule has 3 heteroatoms. The van der Waals surface area contributed by atoms with Gasteiger partial charge in [-0.3, -0.25) is 0 Å². The first-order valence-corrected chi connectivity index (χ1v) is 7.60. The highest BCUT2D eigenvalue weighted by atomic mass is 16.5. The smallest absolute Gasteiger partial charge is 0.212 e. The van der Waals surface area contributed by atoms with Crippen LogP contribution in [0.15, 0.2) is 42.6 Å². The van der Waals surface area contributed by atoms with Gasteiger partial charge in [-0.15, -0.1) is 0 Å². The SMILES string of the molecule is COc1ccc(CC(N)c2cccc(C3CCC3)c2)cn1. The lowest BCUT2D eigenvalue weighted by atomic mass is 9.79. The van der Waals surface area contributed by atoms with Gasteiger partial charge in [-0.25, -0.2) is 4.98 Å². The molecule has 0 radical (unpaired) electrons. The van der Waals surface area contributed by atoms with Crippen LogP contribution < -0.4 is 10.5 Å². The zero-order valence-corrected chi connectivity index (χ0v) is 12.5. The van der Waals surface area contributed by atoms with Gasteiger partial charge in [0.1, 0.15) is 0 Å². The van der Waals surface area contributed by atoms with Gasteiger partial charge in [-0.1, -0.05) is 36.8 Å². The first kappa shape index (κ1) is 14.1. The monoisotopic (exact) mass is 282 g/mol. The molecule has 21 heavy (non-hydrogen) atoms. The van der Waals surface area contributed by atoms with Crippen LogP contribution in [0.4, 0.5) is 0 Å². The van der Waals surface area contributed by atoms with Crippen molar-refractivity contribution in [1.29, 1.82) is 0 Å². The van der Waals surface area contributed by atoms with Gasteiger partial charge in [-0.05, 0) is 41.9 Å². The molecule has 110 valence electrons. The van der Waals surface area contributed by atoms with Crippen LogP contribution in [0.1, 0.15) is 47.9 Å². The quantitative estimate of drug-likeness (QED) is 0.911. The zero-order chi connectivity index (χ0) is 14.7. The van der Waals surface area contributed by atoms with E-state index in [2.05, 4.69) is 29.2 Å². The number of hydrogen-bond acceptors (Lipinski definition) is 3. The molecule has 1 atom stereocenters. The molecule has 1 aromatic carbocycles. The second-order valence-corrected chi connectivity index (χ2v) is 5.82. The van der Waals surface area contributed by atoms with E-state index in [0.29, 0.717) is 5.88 Å². The van der Waals surface area contributed by atoms with Crippen LogP contribution in [0.5, 0.6) is 5.88 Å². The van der Waals surface area contributed by atoms with E-state index in [-0.39, 0.29) is 6.04 Å². The summed E-state index contributed by atoms with van der Waals surface area (Å²) in [7, 11) is 1.62. The van der Waals surface area contributed by atoms with Crippen molar-refractivity contribution in [1.82, 2.24) is 4.98 Å². The van der Waals surface area contributed by atoms with Crippen molar-refractivity contribution in [3.8, 4) is 5.88 Å². The van der Waals surface area contributed by atoms with Crippen molar-refractivity contribution in [3.05, 3.63) is 59.3 Å². The van der Waals surface area contributed by atoms with Crippen LogP contribution in [-0.4, -0.2) is 12.1 Å².